The van der Waals surface area contributed by atoms with Crippen molar-refractivity contribution in [2.45, 2.75) is 20.4 Å². The molecule has 4 aromatic rings. The Balaban J connectivity index is 1.42. The van der Waals surface area contributed by atoms with E-state index in [0.29, 0.717) is 10.0 Å². The van der Waals surface area contributed by atoms with Crippen molar-refractivity contribution in [1.82, 2.24) is 35.5 Å². The summed E-state index contributed by atoms with van der Waals surface area (Å²) in [4.78, 5) is 16.8. The molecule has 3 aromatic heterocycles. The standard InChI is InChI=1S/C19H16ClN7OS/c1-11-3-8-16(12(2)22-11)27-10-15(23-26-27)18(28)21-9-17-24-25-19(29-17)13-4-6-14(20)7-5-13/h3-8,10H,9H2,1-2H3,(H,21,28). The molecule has 1 N–H and O–H groups in total. The van der Waals surface area contributed by atoms with Gasteiger partial charge in [-0.1, -0.05) is 40.3 Å². The molecule has 29 heavy (non-hydrogen) atoms. The van der Waals surface area contributed by atoms with Gasteiger partial charge < -0.3 is 5.32 Å². The maximum Gasteiger partial charge on any atom is 0.273 e. The van der Waals surface area contributed by atoms with Crippen molar-refractivity contribution in [2.24, 2.45) is 0 Å². The Morgan fingerprint density at radius 2 is 1.90 bits per heavy atom. The first-order chi connectivity index (χ1) is 14.0. The van der Waals surface area contributed by atoms with Gasteiger partial charge in [-0.05, 0) is 38.1 Å². The molecule has 0 aliphatic rings. The van der Waals surface area contributed by atoms with Crippen molar-refractivity contribution in [3.8, 4) is 16.3 Å². The Bertz CT molecular complexity index is 1170. The predicted octanol–water partition coefficient (Wildman–Crippen LogP) is 3.38. The number of nitrogens with one attached hydrogen (secondary N) is 1. The van der Waals surface area contributed by atoms with Crippen LogP contribution >= 0.6 is 22.9 Å². The zero-order chi connectivity index (χ0) is 20.4. The Kier molecular flexibility index (Phi) is 5.32. The average Bonchev–Trinajstić information content (AvgIpc) is 3.37. The molecule has 8 nitrogen and oxygen atoms in total. The molecule has 146 valence electrons. The number of rotatable bonds is 5. The van der Waals surface area contributed by atoms with E-state index in [0.717, 1.165) is 27.6 Å². The number of nitrogens with zero attached hydrogens (tertiary/aromatic N) is 6. The smallest absolute Gasteiger partial charge is 0.273 e. The van der Waals surface area contributed by atoms with Crippen LogP contribution in [0.5, 0.6) is 0 Å². The number of hydrogen-bond acceptors (Lipinski definition) is 7. The van der Waals surface area contributed by atoms with Gasteiger partial charge in [-0.25, -0.2) is 4.68 Å². The van der Waals surface area contributed by atoms with E-state index in [1.165, 1.54) is 11.3 Å². The van der Waals surface area contributed by atoms with Crippen molar-refractivity contribution in [3.05, 3.63) is 69.7 Å². The van der Waals surface area contributed by atoms with Gasteiger partial charge in [0.25, 0.3) is 5.91 Å². The minimum Gasteiger partial charge on any atom is -0.344 e. The van der Waals surface area contributed by atoms with E-state index in [-0.39, 0.29) is 18.1 Å². The first-order valence-electron chi connectivity index (χ1n) is 8.73. The summed E-state index contributed by atoms with van der Waals surface area (Å²) in [5.74, 6) is -0.336. The number of carbonyl (C=O) groups excluding carboxylic acids is 1. The summed E-state index contributed by atoms with van der Waals surface area (Å²) in [6.07, 6.45) is 1.58. The third-order valence-electron chi connectivity index (χ3n) is 4.13. The van der Waals surface area contributed by atoms with E-state index in [1.54, 1.807) is 23.0 Å². The molecular weight excluding hydrogens is 410 g/mol. The van der Waals surface area contributed by atoms with Crippen molar-refractivity contribution < 1.29 is 4.79 Å². The Morgan fingerprint density at radius 1 is 1.10 bits per heavy atom. The number of hydrogen-bond donors (Lipinski definition) is 1. The molecule has 3 heterocycles. The monoisotopic (exact) mass is 425 g/mol. The highest BCUT2D eigenvalue weighted by atomic mass is 35.5. The van der Waals surface area contributed by atoms with E-state index in [2.05, 4.69) is 30.8 Å². The summed E-state index contributed by atoms with van der Waals surface area (Å²) in [6.45, 7) is 4.06. The number of aromatic nitrogens is 6. The number of benzene rings is 1. The van der Waals surface area contributed by atoms with Crippen LogP contribution in [0, 0.1) is 13.8 Å². The lowest BCUT2D eigenvalue weighted by molar-refractivity contribution is 0.0945. The van der Waals surface area contributed by atoms with E-state index >= 15 is 0 Å². The zero-order valence-electron chi connectivity index (χ0n) is 15.6. The molecule has 0 bridgehead atoms. The lowest BCUT2D eigenvalue weighted by Gasteiger charge is -2.04. The summed E-state index contributed by atoms with van der Waals surface area (Å²) in [5, 5.41) is 21.2. The van der Waals surface area contributed by atoms with Crippen molar-refractivity contribution in [1.29, 1.82) is 0 Å². The normalized spacial score (nSPS) is 10.9. The molecule has 4 rings (SSSR count). The molecule has 0 fully saturated rings. The number of amides is 1. The zero-order valence-corrected chi connectivity index (χ0v) is 17.2. The van der Waals surface area contributed by atoms with Crippen LogP contribution in [0.15, 0.2) is 42.6 Å². The van der Waals surface area contributed by atoms with E-state index in [1.807, 2.05) is 38.1 Å². The number of carbonyl (C=O) groups is 1. The first-order valence-corrected chi connectivity index (χ1v) is 9.92. The third-order valence-corrected chi connectivity index (χ3v) is 5.35. The molecule has 0 radical (unpaired) electrons. The minimum absolute atomic E-state index is 0.215. The predicted molar refractivity (Wildman–Crippen MR) is 110 cm³/mol. The fourth-order valence-corrected chi connectivity index (χ4v) is 3.60. The molecule has 0 atom stereocenters. The number of aryl methyl sites for hydroxylation is 2. The van der Waals surface area contributed by atoms with Crippen LogP contribution in [0.4, 0.5) is 0 Å². The van der Waals surface area contributed by atoms with Gasteiger partial charge in [-0.15, -0.1) is 15.3 Å². The maximum absolute atomic E-state index is 12.4. The second kappa shape index (κ2) is 8.06. The number of pyridine rings is 1. The first kappa shape index (κ1) is 19.2. The van der Waals surface area contributed by atoms with Gasteiger partial charge in [0.2, 0.25) is 0 Å². The van der Waals surface area contributed by atoms with Gasteiger partial charge in [0.15, 0.2) is 5.69 Å². The quantitative estimate of drug-likeness (QED) is 0.526. The lowest BCUT2D eigenvalue weighted by Crippen LogP contribution is -2.23. The summed E-state index contributed by atoms with van der Waals surface area (Å²) in [7, 11) is 0. The molecule has 0 aliphatic heterocycles. The Morgan fingerprint density at radius 3 is 2.66 bits per heavy atom. The van der Waals surface area contributed by atoms with Gasteiger partial charge in [0.05, 0.1) is 24.1 Å². The molecule has 0 unspecified atom stereocenters. The molecule has 0 aliphatic carbocycles. The summed E-state index contributed by atoms with van der Waals surface area (Å²) in [6, 6.07) is 11.1. The summed E-state index contributed by atoms with van der Waals surface area (Å²) in [5.41, 5.74) is 3.64. The molecule has 1 amide bonds. The molecular formula is C19H16ClN7OS. The average molecular weight is 426 g/mol. The molecule has 1 aromatic carbocycles. The van der Waals surface area contributed by atoms with Crippen LogP contribution in [-0.4, -0.2) is 36.1 Å². The SMILES string of the molecule is Cc1ccc(-n2cc(C(=O)NCc3nnc(-c4ccc(Cl)cc4)s3)nn2)c(C)n1. The maximum atomic E-state index is 12.4. The highest BCUT2D eigenvalue weighted by Crippen LogP contribution is 2.24. The largest absolute Gasteiger partial charge is 0.344 e. The van der Waals surface area contributed by atoms with Crippen molar-refractivity contribution in [3.63, 3.8) is 0 Å². The molecule has 0 spiro atoms. The molecule has 0 saturated heterocycles. The van der Waals surface area contributed by atoms with E-state index < -0.39 is 0 Å². The lowest BCUT2D eigenvalue weighted by atomic mass is 10.2. The summed E-state index contributed by atoms with van der Waals surface area (Å²) < 4.78 is 1.54. The van der Waals surface area contributed by atoms with Crippen LogP contribution in [-0.2, 0) is 6.54 Å². The van der Waals surface area contributed by atoms with Gasteiger partial charge >= 0.3 is 0 Å². The van der Waals surface area contributed by atoms with Gasteiger partial charge in [0.1, 0.15) is 10.0 Å². The van der Waals surface area contributed by atoms with E-state index in [9.17, 15) is 4.79 Å². The van der Waals surface area contributed by atoms with Crippen LogP contribution in [0.3, 0.4) is 0 Å². The Labute approximate surface area is 175 Å². The molecule has 10 heteroatoms. The second-order valence-corrected chi connectivity index (χ2v) is 7.79. The van der Waals surface area contributed by atoms with Gasteiger partial charge in [-0.3, -0.25) is 9.78 Å². The second-order valence-electron chi connectivity index (χ2n) is 6.30. The highest BCUT2D eigenvalue weighted by Gasteiger charge is 2.14. The van der Waals surface area contributed by atoms with Crippen LogP contribution < -0.4 is 5.32 Å². The minimum atomic E-state index is -0.336. The third kappa shape index (κ3) is 4.30. The van der Waals surface area contributed by atoms with Gasteiger partial charge in [-0.2, -0.15) is 0 Å². The fourth-order valence-electron chi connectivity index (χ4n) is 2.69. The van der Waals surface area contributed by atoms with Crippen molar-refractivity contribution >= 4 is 28.8 Å². The van der Waals surface area contributed by atoms with Crippen LogP contribution in [0.25, 0.3) is 16.3 Å². The van der Waals surface area contributed by atoms with E-state index in [4.69, 9.17) is 11.6 Å². The van der Waals surface area contributed by atoms with Crippen LogP contribution in [0.1, 0.15) is 26.9 Å². The Hall–Kier alpha value is -3.17. The van der Waals surface area contributed by atoms with Crippen molar-refractivity contribution in [2.75, 3.05) is 0 Å². The van der Waals surface area contributed by atoms with Crippen LogP contribution in [0.2, 0.25) is 5.02 Å². The topological polar surface area (TPSA) is 98.5 Å². The highest BCUT2D eigenvalue weighted by molar-refractivity contribution is 7.14. The number of halogens is 1. The fraction of sp³-hybridized carbons (Fsp3) is 0.158. The van der Waals surface area contributed by atoms with Gasteiger partial charge in [0, 0.05) is 16.3 Å². The summed E-state index contributed by atoms with van der Waals surface area (Å²) >= 11 is 7.31. The molecule has 0 saturated carbocycles.